The van der Waals surface area contributed by atoms with Crippen LogP contribution in [0.15, 0.2) is 54.7 Å². The molecule has 0 saturated heterocycles. The number of aldehydes is 1. The van der Waals surface area contributed by atoms with E-state index in [1.165, 1.54) is 7.11 Å². The molecule has 8 heteroatoms. The van der Waals surface area contributed by atoms with Gasteiger partial charge < -0.3 is 24.2 Å². The molecule has 0 radical (unpaired) electrons. The Bertz CT molecular complexity index is 1110. The average Bonchev–Trinajstić information content (AvgIpc) is 2.82. The molecule has 0 amide bonds. The first-order valence-electron chi connectivity index (χ1n) is 10.8. The number of carbonyl (C=O) groups is 1. The molecule has 0 fully saturated rings. The number of aromatic nitrogens is 1. The minimum atomic E-state index is -0.981. The Labute approximate surface area is 204 Å². The number of rotatable bonds is 11. The van der Waals surface area contributed by atoms with Crippen LogP contribution in [0, 0.1) is 0 Å². The van der Waals surface area contributed by atoms with Gasteiger partial charge in [0.05, 0.1) is 36.7 Å². The van der Waals surface area contributed by atoms with E-state index in [4.69, 9.17) is 25.8 Å². The van der Waals surface area contributed by atoms with Crippen molar-refractivity contribution in [1.29, 1.82) is 0 Å². The van der Waals surface area contributed by atoms with Crippen LogP contribution in [0.2, 0.25) is 5.02 Å². The number of pyridine rings is 1. The molecule has 0 unspecified atom stereocenters. The molecule has 2 aromatic carbocycles. The number of benzene rings is 2. The minimum absolute atomic E-state index is 0.0908. The van der Waals surface area contributed by atoms with E-state index >= 15 is 0 Å². The van der Waals surface area contributed by atoms with Crippen LogP contribution in [0.5, 0.6) is 17.4 Å². The Kier molecular flexibility index (Phi) is 8.36. The quantitative estimate of drug-likeness (QED) is 0.388. The number of hydrogen-bond acceptors (Lipinski definition) is 7. The topological polar surface area (TPSA) is 81.1 Å². The van der Waals surface area contributed by atoms with Gasteiger partial charge in [0, 0.05) is 18.1 Å². The summed E-state index contributed by atoms with van der Waals surface area (Å²) < 4.78 is 16.9. The summed E-state index contributed by atoms with van der Waals surface area (Å²) in [6.07, 6.45) is 2.45. The van der Waals surface area contributed by atoms with Crippen LogP contribution >= 0.6 is 11.6 Å². The van der Waals surface area contributed by atoms with Gasteiger partial charge >= 0.3 is 0 Å². The molecule has 180 valence electrons. The highest BCUT2D eigenvalue weighted by Gasteiger charge is 2.17. The second kappa shape index (κ2) is 11.2. The highest BCUT2D eigenvalue weighted by atomic mass is 35.5. The predicted octanol–water partition coefficient (Wildman–Crippen LogP) is 4.89. The molecule has 0 spiro atoms. The predicted molar refractivity (Wildman–Crippen MR) is 134 cm³/mol. The van der Waals surface area contributed by atoms with Crippen LogP contribution < -0.4 is 19.1 Å². The number of anilines is 1. The van der Waals surface area contributed by atoms with Crippen molar-refractivity contribution in [3.05, 3.63) is 65.3 Å². The Morgan fingerprint density at radius 1 is 1.06 bits per heavy atom. The monoisotopic (exact) mass is 484 g/mol. The molecule has 0 atom stereocenters. The van der Waals surface area contributed by atoms with E-state index in [1.54, 1.807) is 26.1 Å². The Balaban J connectivity index is 1.66. The van der Waals surface area contributed by atoms with E-state index in [0.717, 1.165) is 23.1 Å². The number of ether oxygens (including phenoxy) is 3. The second-order valence-corrected chi connectivity index (χ2v) is 8.89. The molecule has 1 heterocycles. The summed E-state index contributed by atoms with van der Waals surface area (Å²) in [6.45, 7) is 4.29. The summed E-state index contributed by atoms with van der Waals surface area (Å²) in [5.74, 6) is 1.29. The van der Waals surface area contributed by atoms with Gasteiger partial charge in [0.15, 0.2) is 12.0 Å². The van der Waals surface area contributed by atoms with Crippen molar-refractivity contribution in [1.82, 2.24) is 4.98 Å². The van der Waals surface area contributed by atoms with E-state index in [9.17, 15) is 9.90 Å². The third kappa shape index (κ3) is 6.85. The summed E-state index contributed by atoms with van der Waals surface area (Å²) in [7, 11) is 3.44. The third-order valence-corrected chi connectivity index (χ3v) is 5.28. The number of methoxy groups -OCH3 is 1. The molecule has 7 nitrogen and oxygen atoms in total. The van der Waals surface area contributed by atoms with Gasteiger partial charge in [0.2, 0.25) is 0 Å². The number of nitrogens with zero attached hydrogens (tertiary/aromatic N) is 2. The lowest BCUT2D eigenvalue weighted by atomic mass is 10.0. The molecule has 3 rings (SSSR count). The number of likely N-dealkylation sites (N-methyl/N-ethyl adjacent to an activating group) is 1. The van der Waals surface area contributed by atoms with Gasteiger partial charge in [-0.05, 0) is 49.2 Å². The molecular formula is C26H29ClN2O5. The van der Waals surface area contributed by atoms with Crippen molar-refractivity contribution in [2.45, 2.75) is 19.4 Å². The number of carbonyl (C=O) groups excluding carboxylic acids is 1. The third-order valence-electron chi connectivity index (χ3n) is 5.03. The van der Waals surface area contributed by atoms with E-state index < -0.39 is 5.60 Å². The maximum absolute atomic E-state index is 11.5. The molecule has 0 bridgehead atoms. The normalized spacial score (nSPS) is 11.1. The average molecular weight is 485 g/mol. The minimum Gasteiger partial charge on any atom is -0.491 e. The molecule has 0 aliphatic heterocycles. The lowest BCUT2D eigenvalue weighted by Crippen LogP contribution is -2.28. The van der Waals surface area contributed by atoms with Gasteiger partial charge in [-0.15, -0.1) is 0 Å². The SMILES string of the molecule is COc1cc(N(C)CCOc2cc(-c3ccc(Cl)cc3)ccc2C=O)cnc1OCC(C)(C)O. The van der Waals surface area contributed by atoms with Gasteiger partial charge in [0.25, 0.3) is 5.88 Å². The number of halogens is 1. The van der Waals surface area contributed by atoms with Gasteiger partial charge in [-0.2, -0.15) is 0 Å². The van der Waals surface area contributed by atoms with E-state index in [1.807, 2.05) is 54.4 Å². The standard InChI is InChI=1S/C26H29ClN2O5/c1-26(2,31)17-34-25-24(32-4)14-22(15-28-25)29(3)11-12-33-23-13-19(5-6-20(23)16-30)18-7-9-21(27)10-8-18/h5-10,13-16,31H,11-12,17H2,1-4H3. The van der Waals surface area contributed by atoms with Crippen LogP contribution in [0.25, 0.3) is 11.1 Å². The summed E-state index contributed by atoms with van der Waals surface area (Å²) in [6, 6.07) is 14.8. The van der Waals surface area contributed by atoms with Crippen molar-refractivity contribution in [2.24, 2.45) is 0 Å². The highest BCUT2D eigenvalue weighted by molar-refractivity contribution is 6.30. The van der Waals surface area contributed by atoms with E-state index in [0.29, 0.717) is 41.1 Å². The molecular weight excluding hydrogens is 456 g/mol. The van der Waals surface area contributed by atoms with Crippen LogP contribution in [0.4, 0.5) is 5.69 Å². The molecule has 0 aliphatic carbocycles. The second-order valence-electron chi connectivity index (χ2n) is 8.45. The van der Waals surface area contributed by atoms with Gasteiger partial charge in [-0.25, -0.2) is 4.98 Å². The number of aliphatic hydroxyl groups is 1. The van der Waals surface area contributed by atoms with Crippen LogP contribution in [-0.2, 0) is 0 Å². The van der Waals surface area contributed by atoms with E-state index in [-0.39, 0.29) is 6.61 Å². The first-order valence-corrected chi connectivity index (χ1v) is 11.2. The van der Waals surface area contributed by atoms with Crippen molar-refractivity contribution in [3.63, 3.8) is 0 Å². The maximum atomic E-state index is 11.5. The largest absolute Gasteiger partial charge is 0.491 e. The van der Waals surface area contributed by atoms with Gasteiger partial charge in [-0.1, -0.05) is 29.8 Å². The Morgan fingerprint density at radius 2 is 1.76 bits per heavy atom. The highest BCUT2D eigenvalue weighted by Crippen LogP contribution is 2.30. The van der Waals surface area contributed by atoms with Crippen molar-refractivity contribution >= 4 is 23.6 Å². The summed E-state index contributed by atoms with van der Waals surface area (Å²) in [5, 5.41) is 10.5. The van der Waals surface area contributed by atoms with Gasteiger partial charge in [0.1, 0.15) is 19.0 Å². The zero-order valence-corrected chi connectivity index (χ0v) is 20.5. The molecule has 0 saturated carbocycles. The van der Waals surface area contributed by atoms with Crippen LogP contribution in [0.3, 0.4) is 0 Å². The maximum Gasteiger partial charge on any atom is 0.257 e. The van der Waals surface area contributed by atoms with Gasteiger partial charge in [-0.3, -0.25) is 4.79 Å². The fourth-order valence-corrected chi connectivity index (χ4v) is 3.26. The summed E-state index contributed by atoms with van der Waals surface area (Å²) in [4.78, 5) is 17.8. The molecule has 0 aliphatic rings. The fraction of sp³-hybridized carbons (Fsp3) is 0.308. The number of hydrogen-bond donors (Lipinski definition) is 1. The first-order chi connectivity index (χ1) is 16.2. The smallest absolute Gasteiger partial charge is 0.257 e. The molecule has 3 aromatic rings. The lowest BCUT2D eigenvalue weighted by molar-refractivity contribution is 0.0259. The fourth-order valence-electron chi connectivity index (χ4n) is 3.13. The Morgan fingerprint density at radius 3 is 2.41 bits per heavy atom. The molecule has 1 N–H and O–H groups in total. The zero-order valence-electron chi connectivity index (χ0n) is 19.7. The van der Waals surface area contributed by atoms with Crippen molar-refractivity contribution in [3.8, 4) is 28.5 Å². The molecule has 1 aromatic heterocycles. The summed E-state index contributed by atoms with van der Waals surface area (Å²) >= 11 is 5.98. The first kappa shape index (κ1) is 25.3. The lowest BCUT2D eigenvalue weighted by Gasteiger charge is -2.22. The zero-order chi connectivity index (χ0) is 24.7. The Hall–Kier alpha value is -3.29. The van der Waals surface area contributed by atoms with Crippen LogP contribution in [0.1, 0.15) is 24.2 Å². The van der Waals surface area contributed by atoms with Crippen molar-refractivity contribution < 1.29 is 24.1 Å². The molecule has 34 heavy (non-hydrogen) atoms. The van der Waals surface area contributed by atoms with E-state index in [2.05, 4.69) is 4.98 Å². The summed E-state index contributed by atoms with van der Waals surface area (Å²) in [5.41, 5.74) is 2.22. The van der Waals surface area contributed by atoms with Crippen molar-refractivity contribution in [2.75, 3.05) is 38.8 Å². The van der Waals surface area contributed by atoms with Crippen LogP contribution in [-0.4, -0.2) is 55.9 Å².